The molecule has 0 heterocycles. The minimum absolute atomic E-state index is 0.297. The number of carbonyl (C=O) groups excluding carboxylic acids is 2. The summed E-state index contributed by atoms with van der Waals surface area (Å²) < 4.78 is 5.71. The maximum atomic E-state index is 13.1. The standard InChI is InChI=1S/C25H26N2O3/c1-17-11-10-16-21(18(17)2)26-22-15-9-8-14-20(22)25(29)30-23(24(28)27(3)4)19-12-6-5-7-13-19/h5-16,23,26H,1-4H3/t23-/m0/s1. The van der Waals surface area contributed by atoms with Gasteiger partial charge >= 0.3 is 5.97 Å². The molecule has 5 nitrogen and oxygen atoms in total. The summed E-state index contributed by atoms with van der Waals surface area (Å²) in [6.07, 6.45) is -1.01. The molecule has 0 unspecified atom stereocenters. The lowest BCUT2D eigenvalue weighted by atomic mass is 10.1. The van der Waals surface area contributed by atoms with Crippen LogP contribution in [0.15, 0.2) is 72.8 Å². The second-order valence-electron chi connectivity index (χ2n) is 7.35. The van der Waals surface area contributed by atoms with E-state index in [0.717, 1.165) is 16.8 Å². The fourth-order valence-corrected chi connectivity index (χ4v) is 3.10. The molecule has 0 aliphatic heterocycles. The number of anilines is 2. The Labute approximate surface area is 177 Å². The van der Waals surface area contributed by atoms with Crippen LogP contribution in [0.5, 0.6) is 0 Å². The Hall–Kier alpha value is -3.60. The van der Waals surface area contributed by atoms with E-state index in [9.17, 15) is 9.59 Å². The van der Waals surface area contributed by atoms with Crippen molar-refractivity contribution in [2.45, 2.75) is 20.0 Å². The average Bonchev–Trinajstić information content (AvgIpc) is 2.75. The Balaban J connectivity index is 1.91. The van der Waals surface area contributed by atoms with Crippen molar-refractivity contribution in [1.82, 2.24) is 4.90 Å². The van der Waals surface area contributed by atoms with Gasteiger partial charge in [-0.3, -0.25) is 4.79 Å². The first-order valence-electron chi connectivity index (χ1n) is 9.78. The van der Waals surface area contributed by atoms with Crippen LogP contribution in [-0.4, -0.2) is 30.9 Å². The number of amides is 1. The number of rotatable bonds is 6. The number of para-hydroxylation sites is 1. The largest absolute Gasteiger partial charge is 0.444 e. The first-order valence-corrected chi connectivity index (χ1v) is 9.78. The molecule has 1 N–H and O–H groups in total. The van der Waals surface area contributed by atoms with Crippen LogP contribution in [0, 0.1) is 13.8 Å². The molecule has 3 aromatic rings. The molecule has 0 aromatic heterocycles. The van der Waals surface area contributed by atoms with Gasteiger partial charge in [0.1, 0.15) is 0 Å². The molecule has 0 aliphatic carbocycles. The van der Waals surface area contributed by atoms with Crippen LogP contribution in [0.4, 0.5) is 11.4 Å². The highest BCUT2D eigenvalue weighted by molar-refractivity contribution is 5.98. The maximum absolute atomic E-state index is 13.1. The Morgan fingerprint density at radius 2 is 1.47 bits per heavy atom. The smallest absolute Gasteiger partial charge is 0.341 e. The van der Waals surface area contributed by atoms with Crippen LogP contribution in [0.1, 0.15) is 33.2 Å². The van der Waals surface area contributed by atoms with E-state index < -0.39 is 12.1 Å². The fourth-order valence-electron chi connectivity index (χ4n) is 3.10. The lowest BCUT2D eigenvalue weighted by Gasteiger charge is -2.22. The molecule has 0 saturated carbocycles. The molecule has 0 radical (unpaired) electrons. The summed E-state index contributed by atoms with van der Waals surface area (Å²) in [6, 6.07) is 22.1. The SMILES string of the molecule is Cc1cccc(Nc2ccccc2C(=O)O[C@H](C(=O)N(C)C)c2ccccc2)c1C. The summed E-state index contributed by atoms with van der Waals surface area (Å²) in [5, 5.41) is 3.33. The minimum atomic E-state index is -1.01. The molecule has 5 heteroatoms. The zero-order chi connectivity index (χ0) is 21.7. The topological polar surface area (TPSA) is 58.6 Å². The number of hydrogen-bond donors (Lipinski definition) is 1. The zero-order valence-corrected chi connectivity index (χ0v) is 17.7. The third kappa shape index (κ3) is 4.69. The van der Waals surface area contributed by atoms with Crippen molar-refractivity contribution in [1.29, 1.82) is 0 Å². The number of nitrogens with zero attached hydrogens (tertiary/aromatic N) is 1. The first kappa shape index (κ1) is 21.1. The third-order valence-electron chi connectivity index (χ3n) is 5.01. The van der Waals surface area contributed by atoms with E-state index in [2.05, 4.69) is 5.32 Å². The van der Waals surface area contributed by atoms with Gasteiger partial charge in [-0.1, -0.05) is 54.6 Å². The highest BCUT2D eigenvalue weighted by Gasteiger charge is 2.27. The number of benzene rings is 3. The highest BCUT2D eigenvalue weighted by Crippen LogP contribution is 2.28. The van der Waals surface area contributed by atoms with Crippen molar-refractivity contribution in [3.63, 3.8) is 0 Å². The van der Waals surface area contributed by atoms with Crippen molar-refractivity contribution < 1.29 is 14.3 Å². The number of carbonyl (C=O) groups is 2. The quantitative estimate of drug-likeness (QED) is 0.587. The van der Waals surface area contributed by atoms with Gasteiger partial charge in [0.2, 0.25) is 6.10 Å². The molecule has 0 aliphatic rings. The lowest BCUT2D eigenvalue weighted by Crippen LogP contribution is -2.31. The summed E-state index contributed by atoms with van der Waals surface area (Å²) in [7, 11) is 3.28. The number of ether oxygens (including phenoxy) is 1. The molecular formula is C25H26N2O3. The monoisotopic (exact) mass is 402 g/mol. The van der Waals surface area contributed by atoms with Crippen molar-refractivity contribution >= 4 is 23.3 Å². The van der Waals surface area contributed by atoms with Gasteiger partial charge in [0.15, 0.2) is 0 Å². The Morgan fingerprint density at radius 1 is 0.833 bits per heavy atom. The molecule has 3 aromatic carbocycles. The minimum Gasteiger partial charge on any atom is -0.444 e. The molecule has 0 saturated heterocycles. The number of hydrogen-bond acceptors (Lipinski definition) is 4. The van der Waals surface area contributed by atoms with E-state index in [1.807, 2.05) is 62.4 Å². The number of likely N-dealkylation sites (N-methyl/N-ethyl adjacent to an activating group) is 1. The van der Waals surface area contributed by atoms with Crippen molar-refractivity contribution in [3.8, 4) is 0 Å². The van der Waals surface area contributed by atoms with Crippen molar-refractivity contribution in [3.05, 3.63) is 95.1 Å². The van der Waals surface area contributed by atoms with Crippen molar-refractivity contribution in [2.24, 2.45) is 0 Å². The summed E-state index contributed by atoms with van der Waals surface area (Å²) in [4.78, 5) is 27.2. The van der Waals surface area contributed by atoms with Gasteiger partial charge in [-0.25, -0.2) is 4.79 Å². The van der Waals surface area contributed by atoms with E-state index in [1.54, 1.807) is 38.4 Å². The predicted molar refractivity (Wildman–Crippen MR) is 119 cm³/mol. The molecule has 30 heavy (non-hydrogen) atoms. The first-order chi connectivity index (χ1) is 14.4. The van der Waals surface area contributed by atoms with Gasteiger partial charge in [0.05, 0.1) is 11.3 Å². The Kier molecular flexibility index (Phi) is 6.52. The van der Waals surface area contributed by atoms with Gasteiger partial charge < -0.3 is 15.0 Å². The van der Waals surface area contributed by atoms with Gasteiger partial charge in [-0.2, -0.15) is 0 Å². The molecule has 1 atom stereocenters. The molecule has 0 fully saturated rings. The second kappa shape index (κ2) is 9.27. The fraction of sp³-hybridized carbons (Fsp3) is 0.200. The third-order valence-corrected chi connectivity index (χ3v) is 5.01. The van der Waals surface area contributed by atoms with Gasteiger partial charge in [-0.15, -0.1) is 0 Å². The second-order valence-corrected chi connectivity index (χ2v) is 7.35. The predicted octanol–water partition coefficient (Wildman–Crippen LogP) is 5.03. The van der Waals surface area contributed by atoms with E-state index in [0.29, 0.717) is 16.8 Å². The highest BCUT2D eigenvalue weighted by atomic mass is 16.5. The summed E-state index contributed by atoms with van der Waals surface area (Å²) in [5.41, 5.74) is 4.79. The zero-order valence-electron chi connectivity index (χ0n) is 17.7. The summed E-state index contributed by atoms with van der Waals surface area (Å²) in [5.74, 6) is -0.859. The van der Waals surface area contributed by atoms with Crippen LogP contribution < -0.4 is 5.32 Å². The molecule has 3 rings (SSSR count). The van der Waals surface area contributed by atoms with E-state index in [1.165, 1.54) is 4.90 Å². The van der Waals surface area contributed by atoms with Crippen LogP contribution in [0.2, 0.25) is 0 Å². The van der Waals surface area contributed by atoms with Crippen LogP contribution in [0.25, 0.3) is 0 Å². The van der Waals surface area contributed by atoms with Gasteiger partial charge in [0, 0.05) is 25.3 Å². The van der Waals surface area contributed by atoms with Crippen LogP contribution in [-0.2, 0) is 9.53 Å². The van der Waals surface area contributed by atoms with E-state index in [-0.39, 0.29) is 5.91 Å². The summed E-state index contributed by atoms with van der Waals surface area (Å²) in [6.45, 7) is 4.07. The molecule has 0 spiro atoms. The summed E-state index contributed by atoms with van der Waals surface area (Å²) >= 11 is 0. The van der Waals surface area contributed by atoms with Crippen LogP contribution in [0.3, 0.4) is 0 Å². The molecule has 0 bridgehead atoms. The number of nitrogens with one attached hydrogen (secondary N) is 1. The Bertz CT molecular complexity index is 1050. The normalized spacial score (nSPS) is 11.5. The molecule has 1 amide bonds. The van der Waals surface area contributed by atoms with Gasteiger partial charge in [-0.05, 0) is 43.2 Å². The molecule has 154 valence electrons. The average molecular weight is 402 g/mol. The van der Waals surface area contributed by atoms with Gasteiger partial charge in [0.25, 0.3) is 5.91 Å². The number of aryl methyl sites for hydroxylation is 1. The lowest BCUT2D eigenvalue weighted by molar-refractivity contribution is -0.138. The Morgan fingerprint density at radius 3 is 2.17 bits per heavy atom. The van der Waals surface area contributed by atoms with E-state index in [4.69, 9.17) is 4.74 Å². The van der Waals surface area contributed by atoms with Crippen molar-refractivity contribution in [2.75, 3.05) is 19.4 Å². The number of esters is 1. The van der Waals surface area contributed by atoms with E-state index >= 15 is 0 Å². The maximum Gasteiger partial charge on any atom is 0.341 e. The molecular weight excluding hydrogens is 376 g/mol. The van der Waals surface area contributed by atoms with Crippen LogP contribution >= 0.6 is 0 Å².